The SMILES string of the molecule is CCOc1ccc2ccccc2c1C(=O)Nc1cccc(-c2ccc(S(=O)(=O)CC)nn2)c1. The van der Waals surface area contributed by atoms with E-state index in [0.717, 1.165) is 10.8 Å². The molecule has 3 aromatic carbocycles. The maximum atomic E-state index is 13.3. The molecule has 7 nitrogen and oxygen atoms in total. The molecule has 0 spiro atoms. The molecule has 168 valence electrons. The highest BCUT2D eigenvalue weighted by molar-refractivity contribution is 7.91. The van der Waals surface area contributed by atoms with Gasteiger partial charge < -0.3 is 10.1 Å². The van der Waals surface area contributed by atoms with Gasteiger partial charge in [-0.2, -0.15) is 0 Å². The standard InChI is InChI=1S/C25H23N3O4S/c1-3-32-22-14-12-17-8-5-6-11-20(17)24(22)25(29)26-19-10-7-9-18(16-19)21-13-15-23(28-27-21)33(30,31)4-2/h5-16H,3-4H2,1-2H3,(H,26,29). The summed E-state index contributed by atoms with van der Waals surface area (Å²) in [6.07, 6.45) is 0. The number of nitrogens with zero attached hydrogens (tertiary/aromatic N) is 2. The summed E-state index contributed by atoms with van der Waals surface area (Å²) in [5, 5.41) is 12.5. The molecule has 0 atom stereocenters. The van der Waals surface area contributed by atoms with Crippen LogP contribution in [0.25, 0.3) is 22.0 Å². The number of rotatable bonds is 7. The Hall–Kier alpha value is -3.78. The summed E-state index contributed by atoms with van der Waals surface area (Å²) < 4.78 is 29.6. The summed E-state index contributed by atoms with van der Waals surface area (Å²) in [5.41, 5.74) is 2.24. The molecular weight excluding hydrogens is 438 g/mol. The van der Waals surface area contributed by atoms with E-state index in [0.29, 0.717) is 34.9 Å². The normalized spacial score (nSPS) is 11.3. The highest BCUT2D eigenvalue weighted by Gasteiger charge is 2.18. The molecule has 4 aromatic rings. The first-order chi connectivity index (χ1) is 15.9. The van der Waals surface area contributed by atoms with Gasteiger partial charge in [0.25, 0.3) is 5.91 Å². The van der Waals surface area contributed by atoms with Crippen molar-refractivity contribution in [2.75, 3.05) is 17.7 Å². The van der Waals surface area contributed by atoms with E-state index in [9.17, 15) is 13.2 Å². The summed E-state index contributed by atoms with van der Waals surface area (Å²) >= 11 is 0. The van der Waals surface area contributed by atoms with Gasteiger partial charge in [-0.25, -0.2) is 8.42 Å². The third-order valence-electron chi connectivity index (χ3n) is 5.17. The molecular formula is C25H23N3O4S. The Morgan fingerprint density at radius 2 is 1.76 bits per heavy atom. The van der Waals surface area contributed by atoms with Crippen molar-refractivity contribution >= 4 is 32.2 Å². The van der Waals surface area contributed by atoms with Crippen LogP contribution in [0, 0.1) is 0 Å². The molecule has 8 heteroatoms. The number of amides is 1. The molecule has 0 aliphatic rings. The van der Waals surface area contributed by atoms with Crippen molar-refractivity contribution in [2.24, 2.45) is 0 Å². The Morgan fingerprint density at radius 3 is 2.48 bits per heavy atom. The van der Waals surface area contributed by atoms with Crippen LogP contribution in [-0.2, 0) is 9.84 Å². The van der Waals surface area contributed by atoms with Gasteiger partial charge in [-0.3, -0.25) is 4.79 Å². The van der Waals surface area contributed by atoms with E-state index in [2.05, 4.69) is 15.5 Å². The van der Waals surface area contributed by atoms with E-state index in [1.165, 1.54) is 6.07 Å². The summed E-state index contributed by atoms with van der Waals surface area (Å²) in [6, 6.07) is 21.6. The molecule has 4 rings (SSSR count). The number of carbonyl (C=O) groups is 1. The smallest absolute Gasteiger partial charge is 0.260 e. The van der Waals surface area contributed by atoms with E-state index < -0.39 is 9.84 Å². The Bertz CT molecular complexity index is 1420. The van der Waals surface area contributed by atoms with Crippen LogP contribution in [0.4, 0.5) is 5.69 Å². The predicted octanol–water partition coefficient (Wildman–Crippen LogP) is 4.74. The van der Waals surface area contributed by atoms with Crippen molar-refractivity contribution in [3.8, 4) is 17.0 Å². The average Bonchev–Trinajstić information content (AvgIpc) is 2.84. The lowest BCUT2D eigenvalue weighted by Crippen LogP contribution is -2.14. The number of anilines is 1. The lowest BCUT2D eigenvalue weighted by atomic mass is 10.0. The second-order valence-corrected chi connectivity index (χ2v) is 9.51. The molecule has 1 N–H and O–H groups in total. The average molecular weight is 462 g/mol. The fourth-order valence-electron chi connectivity index (χ4n) is 3.50. The zero-order chi connectivity index (χ0) is 23.4. The largest absolute Gasteiger partial charge is 0.493 e. The lowest BCUT2D eigenvalue weighted by Gasteiger charge is -2.14. The second-order valence-electron chi connectivity index (χ2n) is 7.29. The molecule has 1 aromatic heterocycles. The summed E-state index contributed by atoms with van der Waals surface area (Å²) in [4.78, 5) is 13.3. The molecule has 0 aliphatic carbocycles. The first-order valence-electron chi connectivity index (χ1n) is 10.6. The Kier molecular flexibility index (Phi) is 6.37. The summed E-state index contributed by atoms with van der Waals surface area (Å²) in [6.45, 7) is 3.87. The first-order valence-corrected chi connectivity index (χ1v) is 12.2. The lowest BCUT2D eigenvalue weighted by molar-refractivity contribution is 0.102. The zero-order valence-corrected chi connectivity index (χ0v) is 19.1. The topological polar surface area (TPSA) is 98.2 Å². The molecule has 0 radical (unpaired) electrons. The van der Waals surface area contributed by atoms with Crippen LogP contribution in [-0.4, -0.2) is 36.9 Å². The van der Waals surface area contributed by atoms with E-state index in [4.69, 9.17) is 4.74 Å². The van der Waals surface area contributed by atoms with Crippen molar-refractivity contribution in [3.05, 3.63) is 78.4 Å². The highest BCUT2D eigenvalue weighted by atomic mass is 32.2. The Balaban J connectivity index is 1.65. The number of nitrogens with one attached hydrogen (secondary N) is 1. The van der Waals surface area contributed by atoms with Crippen LogP contribution >= 0.6 is 0 Å². The monoisotopic (exact) mass is 461 g/mol. The van der Waals surface area contributed by atoms with E-state index in [-0.39, 0.29) is 16.7 Å². The third-order valence-corrected chi connectivity index (χ3v) is 6.79. The molecule has 0 saturated heterocycles. The molecule has 0 fully saturated rings. The number of benzene rings is 3. The van der Waals surface area contributed by atoms with Crippen molar-refractivity contribution in [3.63, 3.8) is 0 Å². The minimum atomic E-state index is -3.42. The van der Waals surface area contributed by atoms with Gasteiger partial charge in [0.1, 0.15) is 5.75 Å². The van der Waals surface area contributed by atoms with Crippen LogP contribution in [0.15, 0.2) is 77.8 Å². The quantitative estimate of drug-likeness (QED) is 0.427. The number of hydrogen-bond donors (Lipinski definition) is 1. The van der Waals surface area contributed by atoms with Crippen molar-refractivity contribution in [1.29, 1.82) is 0 Å². The van der Waals surface area contributed by atoms with Gasteiger partial charge in [-0.05, 0) is 48.0 Å². The van der Waals surface area contributed by atoms with Gasteiger partial charge in [-0.1, -0.05) is 49.4 Å². The minimum Gasteiger partial charge on any atom is -0.493 e. The minimum absolute atomic E-state index is 0.0412. The Morgan fingerprint density at radius 1 is 0.939 bits per heavy atom. The number of aromatic nitrogens is 2. The van der Waals surface area contributed by atoms with Crippen LogP contribution in [0.1, 0.15) is 24.2 Å². The van der Waals surface area contributed by atoms with Crippen LogP contribution in [0.3, 0.4) is 0 Å². The fourth-order valence-corrected chi connectivity index (χ4v) is 4.24. The molecule has 0 bridgehead atoms. The molecule has 0 unspecified atom stereocenters. The van der Waals surface area contributed by atoms with E-state index in [1.54, 1.807) is 37.3 Å². The van der Waals surface area contributed by atoms with Crippen LogP contribution in [0.5, 0.6) is 5.75 Å². The molecule has 1 heterocycles. The third kappa shape index (κ3) is 4.70. The van der Waals surface area contributed by atoms with Crippen LogP contribution < -0.4 is 10.1 Å². The number of fused-ring (bicyclic) bond motifs is 1. The number of sulfone groups is 1. The summed E-state index contributed by atoms with van der Waals surface area (Å²) in [7, 11) is -3.42. The van der Waals surface area contributed by atoms with Gasteiger partial charge in [-0.15, -0.1) is 10.2 Å². The van der Waals surface area contributed by atoms with Gasteiger partial charge in [0.2, 0.25) is 0 Å². The van der Waals surface area contributed by atoms with Crippen molar-refractivity contribution < 1.29 is 17.9 Å². The predicted molar refractivity (Wildman–Crippen MR) is 128 cm³/mol. The van der Waals surface area contributed by atoms with Gasteiger partial charge in [0.05, 0.1) is 23.6 Å². The molecule has 33 heavy (non-hydrogen) atoms. The van der Waals surface area contributed by atoms with E-state index in [1.807, 2.05) is 43.3 Å². The van der Waals surface area contributed by atoms with Crippen molar-refractivity contribution in [2.45, 2.75) is 18.9 Å². The first kappa shape index (κ1) is 22.4. The maximum Gasteiger partial charge on any atom is 0.260 e. The van der Waals surface area contributed by atoms with Gasteiger partial charge >= 0.3 is 0 Å². The number of ether oxygens (including phenoxy) is 1. The number of hydrogen-bond acceptors (Lipinski definition) is 6. The maximum absolute atomic E-state index is 13.3. The molecule has 0 saturated carbocycles. The van der Waals surface area contributed by atoms with Crippen molar-refractivity contribution in [1.82, 2.24) is 10.2 Å². The highest BCUT2D eigenvalue weighted by Crippen LogP contribution is 2.30. The van der Waals surface area contributed by atoms with Gasteiger partial charge in [0, 0.05) is 11.3 Å². The second kappa shape index (κ2) is 9.38. The van der Waals surface area contributed by atoms with Crippen LogP contribution in [0.2, 0.25) is 0 Å². The molecule has 1 amide bonds. The summed E-state index contributed by atoms with van der Waals surface area (Å²) in [5.74, 6) is 0.187. The molecule has 0 aliphatic heterocycles. The number of carbonyl (C=O) groups excluding carboxylic acids is 1. The Labute approximate surface area is 192 Å². The fraction of sp³-hybridized carbons (Fsp3) is 0.160. The van der Waals surface area contributed by atoms with E-state index >= 15 is 0 Å². The van der Waals surface area contributed by atoms with Gasteiger partial charge in [0.15, 0.2) is 14.9 Å². The zero-order valence-electron chi connectivity index (χ0n) is 18.3.